The molecule has 0 amide bonds. The van der Waals surface area contributed by atoms with E-state index in [0.29, 0.717) is 5.88 Å². The molecule has 0 fully saturated rings. The lowest BCUT2D eigenvalue weighted by molar-refractivity contribution is 0.211. The monoisotopic (exact) mass is 389 g/mol. The molecule has 4 nitrogen and oxygen atoms in total. The second-order valence-electron chi connectivity index (χ2n) is 5.82. The second kappa shape index (κ2) is 8.83. The standard InChI is InChI=1S/C19H24BrN3O/c1-5-23(4)13-21-18-12-17(20)19(22-15(18)3)24-14(2)11-16-9-7-6-8-10-16/h6-10,12-14H,5,11H2,1-4H3/b21-13+/t14-/m0/s1. The Morgan fingerprint density at radius 1 is 1.33 bits per heavy atom. The van der Waals surface area contributed by atoms with Crippen molar-refractivity contribution < 1.29 is 4.74 Å². The number of rotatable bonds is 7. The summed E-state index contributed by atoms with van der Waals surface area (Å²) in [4.78, 5) is 11.0. The first-order valence-electron chi connectivity index (χ1n) is 8.11. The third-order valence-corrected chi connectivity index (χ3v) is 4.25. The lowest BCUT2D eigenvalue weighted by Gasteiger charge is -2.16. The Balaban J connectivity index is 2.08. The zero-order valence-electron chi connectivity index (χ0n) is 14.7. The highest BCUT2D eigenvalue weighted by Crippen LogP contribution is 2.30. The van der Waals surface area contributed by atoms with Crippen LogP contribution in [0.4, 0.5) is 5.69 Å². The average molecular weight is 390 g/mol. The molecule has 0 aliphatic rings. The molecule has 0 aliphatic heterocycles. The molecule has 1 aromatic carbocycles. The molecule has 2 aromatic rings. The quantitative estimate of drug-likeness (QED) is 0.505. The summed E-state index contributed by atoms with van der Waals surface area (Å²) in [6.07, 6.45) is 2.70. The molecule has 1 aromatic heterocycles. The molecule has 5 heteroatoms. The Hall–Kier alpha value is -1.88. The maximum absolute atomic E-state index is 6.01. The van der Waals surface area contributed by atoms with E-state index in [9.17, 15) is 0 Å². The van der Waals surface area contributed by atoms with Crippen molar-refractivity contribution in [2.24, 2.45) is 4.99 Å². The van der Waals surface area contributed by atoms with E-state index in [1.807, 2.05) is 49.5 Å². The Kier molecular flexibility index (Phi) is 6.79. The number of aryl methyl sites for hydroxylation is 1. The van der Waals surface area contributed by atoms with Gasteiger partial charge in [0.2, 0.25) is 5.88 Å². The highest BCUT2D eigenvalue weighted by molar-refractivity contribution is 9.10. The average Bonchev–Trinajstić information content (AvgIpc) is 2.57. The Morgan fingerprint density at radius 3 is 2.71 bits per heavy atom. The maximum atomic E-state index is 6.01. The minimum Gasteiger partial charge on any atom is -0.473 e. The van der Waals surface area contributed by atoms with Crippen molar-refractivity contribution in [3.05, 3.63) is 52.1 Å². The lowest BCUT2D eigenvalue weighted by Crippen LogP contribution is -2.16. The highest BCUT2D eigenvalue weighted by atomic mass is 79.9. The van der Waals surface area contributed by atoms with Crippen LogP contribution in [0, 0.1) is 6.92 Å². The van der Waals surface area contributed by atoms with Crippen LogP contribution in [0.2, 0.25) is 0 Å². The van der Waals surface area contributed by atoms with Crippen molar-refractivity contribution in [3.8, 4) is 5.88 Å². The van der Waals surface area contributed by atoms with Crippen LogP contribution in [0.25, 0.3) is 0 Å². The molecule has 1 atom stereocenters. The van der Waals surface area contributed by atoms with Crippen LogP contribution in [0.3, 0.4) is 0 Å². The van der Waals surface area contributed by atoms with Crippen molar-refractivity contribution in [1.29, 1.82) is 0 Å². The van der Waals surface area contributed by atoms with Crippen molar-refractivity contribution >= 4 is 28.0 Å². The summed E-state index contributed by atoms with van der Waals surface area (Å²) < 4.78 is 6.83. The molecule has 0 aliphatic carbocycles. The molecule has 0 unspecified atom stereocenters. The van der Waals surface area contributed by atoms with Gasteiger partial charge in [-0.2, -0.15) is 0 Å². The third-order valence-electron chi connectivity index (χ3n) is 3.68. The Labute approximate surface area is 152 Å². The van der Waals surface area contributed by atoms with Crippen LogP contribution < -0.4 is 4.74 Å². The minimum atomic E-state index is 0.0381. The van der Waals surface area contributed by atoms with Crippen molar-refractivity contribution in [2.45, 2.75) is 33.3 Å². The van der Waals surface area contributed by atoms with Crippen LogP contribution in [-0.2, 0) is 6.42 Å². The first-order valence-corrected chi connectivity index (χ1v) is 8.91. The van der Waals surface area contributed by atoms with Crippen LogP contribution in [0.1, 0.15) is 25.1 Å². The van der Waals surface area contributed by atoms with Gasteiger partial charge in [0.25, 0.3) is 0 Å². The fraction of sp³-hybridized carbons (Fsp3) is 0.368. The molecule has 0 saturated carbocycles. The van der Waals surface area contributed by atoms with E-state index in [1.54, 1.807) is 0 Å². The molecule has 128 valence electrons. The molecule has 2 rings (SSSR count). The maximum Gasteiger partial charge on any atom is 0.228 e. The fourth-order valence-corrected chi connectivity index (χ4v) is 2.58. The number of halogens is 1. The van der Waals surface area contributed by atoms with Crippen LogP contribution in [0.15, 0.2) is 45.9 Å². The van der Waals surface area contributed by atoms with Crippen molar-refractivity contribution in [2.75, 3.05) is 13.6 Å². The Bertz CT molecular complexity index is 689. The van der Waals surface area contributed by atoms with Crippen molar-refractivity contribution in [3.63, 3.8) is 0 Å². The Morgan fingerprint density at radius 2 is 2.04 bits per heavy atom. The SMILES string of the molecule is CCN(C)/C=N/c1cc(Br)c(O[C@@H](C)Cc2ccccc2)nc1C. The van der Waals surface area contributed by atoms with Gasteiger partial charge in [0.15, 0.2) is 0 Å². The topological polar surface area (TPSA) is 37.7 Å². The van der Waals surface area contributed by atoms with Crippen LogP contribution in [0.5, 0.6) is 5.88 Å². The summed E-state index contributed by atoms with van der Waals surface area (Å²) >= 11 is 3.54. The fourth-order valence-electron chi connectivity index (χ4n) is 2.18. The molecular weight excluding hydrogens is 366 g/mol. The van der Waals surface area contributed by atoms with Gasteiger partial charge in [-0.15, -0.1) is 0 Å². The largest absolute Gasteiger partial charge is 0.473 e. The zero-order valence-corrected chi connectivity index (χ0v) is 16.2. The van der Waals surface area contributed by atoms with Gasteiger partial charge in [-0.05, 0) is 48.3 Å². The van der Waals surface area contributed by atoms with Gasteiger partial charge in [-0.1, -0.05) is 30.3 Å². The molecule has 24 heavy (non-hydrogen) atoms. The summed E-state index contributed by atoms with van der Waals surface area (Å²) in [6, 6.07) is 12.3. The third kappa shape index (κ3) is 5.34. The lowest BCUT2D eigenvalue weighted by atomic mass is 10.1. The summed E-state index contributed by atoms with van der Waals surface area (Å²) in [5.74, 6) is 0.610. The number of hydrogen-bond donors (Lipinski definition) is 0. The molecule has 0 spiro atoms. The van der Waals surface area contributed by atoms with Crippen molar-refractivity contribution in [1.82, 2.24) is 9.88 Å². The van der Waals surface area contributed by atoms with Gasteiger partial charge in [-0.25, -0.2) is 9.98 Å². The summed E-state index contributed by atoms with van der Waals surface area (Å²) in [5, 5.41) is 0. The van der Waals surface area contributed by atoms with E-state index in [4.69, 9.17) is 4.74 Å². The van der Waals surface area contributed by atoms with Gasteiger partial charge in [-0.3, -0.25) is 0 Å². The van der Waals surface area contributed by atoms with Gasteiger partial charge in [0.05, 0.1) is 22.2 Å². The summed E-state index contributed by atoms with van der Waals surface area (Å²) in [6.45, 7) is 6.99. The van der Waals surface area contributed by atoms with Crippen LogP contribution in [-0.4, -0.2) is 35.9 Å². The second-order valence-corrected chi connectivity index (χ2v) is 6.67. The van der Waals surface area contributed by atoms with Gasteiger partial charge >= 0.3 is 0 Å². The van der Waals surface area contributed by atoms with E-state index >= 15 is 0 Å². The minimum absolute atomic E-state index is 0.0381. The van der Waals surface area contributed by atoms with E-state index in [0.717, 1.165) is 28.8 Å². The summed E-state index contributed by atoms with van der Waals surface area (Å²) in [5.41, 5.74) is 2.94. The predicted molar refractivity (Wildman–Crippen MR) is 103 cm³/mol. The molecule has 0 N–H and O–H groups in total. The van der Waals surface area contributed by atoms with E-state index < -0.39 is 0 Å². The van der Waals surface area contributed by atoms with E-state index in [1.165, 1.54) is 5.56 Å². The van der Waals surface area contributed by atoms with Gasteiger partial charge in [0, 0.05) is 20.0 Å². The predicted octanol–water partition coefficient (Wildman–Crippen LogP) is 4.77. The normalized spacial score (nSPS) is 12.4. The number of aliphatic imine (C=N–C) groups is 1. The van der Waals surface area contributed by atoms with E-state index in [-0.39, 0.29) is 6.10 Å². The molecule has 0 saturated heterocycles. The first kappa shape index (κ1) is 18.5. The molecular formula is C19H24BrN3O. The van der Waals surface area contributed by atoms with E-state index in [2.05, 4.69) is 51.9 Å². The number of aromatic nitrogens is 1. The number of hydrogen-bond acceptors (Lipinski definition) is 3. The van der Waals surface area contributed by atoms with Gasteiger partial charge in [0.1, 0.15) is 6.10 Å². The smallest absolute Gasteiger partial charge is 0.228 e. The zero-order chi connectivity index (χ0) is 17.5. The van der Waals surface area contributed by atoms with Crippen LogP contribution >= 0.6 is 15.9 Å². The first-order chi connectivity index (χ1) is 11.5. The summed E-state index contributed by atoms with van der Waals surface area (Å²) in [7, 11) is 1.99. The van der Waals surface area contributed by atoms with Gasteiger partial charge < -0.3 is 9.64 Å². The molecule has 0 radical (unpaired) electrons. The number of nitrogens with zero attached hydrogens (tertiary/aromatic N) is 3. The number of pyridine rings is 1. The molecule has 0 bridgehead atoms. The highest BCUT2D eigenvalue weighted by Gasteiger charge is 2.12. The molecule has 1 heterocycles. The number of ether oxygens (including phenoxy) is 1. The number of benzene rings is 1.